The van der Waals surface area contributed by atoms with E-state index in [4.69, 9.17) is 4.74 Å². The van der Waals surface area contributed by atoms with Gasteiger partial charge in [-0.2, -0.15) is 5.26 Å². The molecule has 0 heterocycles. The number of aliphatic hydroxyl groups excluding tert-OH is 1. The van der Waals surface area contributed by atoms with Crippen LogP contribution in [0.5, 0.6) is 0 Å². The Labute approximate surface area is 171 Å². The molecule has 1 N–H and O–H groups in total. The number of carbonyl (C=O) groups excluding carboxylic acids is 2. The summed E-state index contributed by atoms with van der Waals surface area (Å²) in [5.74, 6) is -0.579. The zero-order chi connectivity index (χ0) is 20.8. The molecule has 0 aromatic carbocycles. The van der Waals surface area contributed by atoms with Crippen molar-refractivity contribution in [3.05, 3.63) is 23.8 Å². The zero-order valence-corrected chi connectivity index (χ0v) is 17.4. The Kier molecular flexibility index (Phi) is 3.82. The summed E-state index contributed by atoms with van der Waals surface area (Å²) in [5, 5.41) is 20.7. The molecular weight excluding hydrogens is 366 g/mol. The van der Waals surface area contributed by atoms with Crippen LogP contribution in [0.3, 0.4) is 0 Å². The third-order valence-electron chi connectivity index (χ3n) is 9.43. The normalized spacial score (nSPS) is 51.7. The van der Waals surface area contributed by atoms with Crippen molar-refractivity contribution in [2.75, 3.05) is 6.61 Å². The number of aliphatic hydroxyl groups is 1. The van der Waals surface area contributed by atoms with Gasteiger partial charge < -0.3 is 9.84 Å². The first kappa shape index (κ1) is 19.1. The van der Waals surface area contributed by atoms with Crippen LogP contribution >= 0.6 is 0 Å². The van der Waals surface area contributed by atoms with E-state index in [9.17, 15) is 20.0 Å². The molecule has 0 aromatic heterocycles. The highest BCUT2D eigenvalue weighted by atomic mass is 16.5. The maximum Gasteiger partial charge on any atom is 0.327 e. The van der Waals surface area contributed by atoms with Crippen molar-refractivity contribution < 1.29 is 19.4 Å². The molecule has 5 rings (SSSR count). The summed E-state index contributed by atoms with van der Waals surface area (Å²) < 4.78 is 5.27. The van der Waals surface area contributed by atoms with Gasteiger partial charge in [0.1, 0.15) is 0 Å². The number of rotatable bonds is 2. The first-order valence-corrected chi connectivity index (χ1v) is 11.0. The van der Waals surface area contributed by atoms with Crippen LogP contribution in [-0.2, 0) is 14.3 Å². The predicted octanol–water partition coefficient (Wildman–Crippen LogP) is 3.19. The molecule has 5 aliphatic carbocycles. The Bertz CT molecular complexity index is 899. The van der Waals surface area contributed by atoms with Gasteiger partial charge in [0.15, 0.2) is 11.2 Å². The SMILES string of the molecule is CCOC(=O)C1(C#N)C2C(=O)C=C3C=CC4C5CCC(O)C5(C)CCC4C3(C)C21. The van der Waals surface area contributed by atoms with Crippen molar-refractivity contribution in [2.24, 2.45) is 45.8 Å². The summed E-state index contributed by atoms with van der Waals surface area (Å²) in [6.07, 6.45) is 9.47. The number of ketones is 1. The summed E-state index contributed by atoms with van der Waals surface area (Å²) in [6, 6.07) is 2.23. The Morgan fingerprint density at radius 1 is 1.31 bits per heavy atom. The summed E-state index contributed by atoms with van der Waals surface area (Å²) in [7, 11) is 0. The second-order valence-corrected chi connectivity index (χ2v) is 10.2. The molecule has 0 saturated heterocycles. The average molecular weight is 395 g/mol. The molecule has 0 aliphatic heterocycles. The molecule has 5 heteroatoms. The van der Waals surface area contributed by atoms with Gasteiger partial charge in [0.05, 0.1) is 24.7 Å². The number of ether oxygens (including phenoxy) is 1. The lowest BCUT2D eigenvalue weighted by molar-refractivity contribution is -0.149. The molecule has 9 atom stereocenters. The van der Waals surface area contributed by atoms with Gasteiger partial charge in [0, 0.05) is 11.3 Å². The Hall–Kier alpha value is -1.93. The van der Waals surface area contributed by atoms with E-state index >= 15 is 0 Å². The fraction of sp³-hybridized carbons (Fsp3) is 0.708. The van der Waals surface area contributed by atoms with Crippen molar-refractivity contribution in [3.63, 3.8) is 0 Å². The molecule has 5 aliphatic rings. The van der Waals surface area contributed by atoms with E-state index < -0.39 is 22.7 Å². The quantitative estimate of drug-likeness (QED) is 0.726. The highest BCUT2D eigenvalue weighted by Crippen LogP contribution is 2.76. The monoisotopic (exact) mass is 395 g/mol. The van der Waals surface area contributed by atoms with E-state index in [1.807, 2.05) is 0 Å². The van der Waals surface area contributed by atoms with E-state index in [0.717, 1.165) is 31.3 Å². The number of nitrogens with zero attached hydrogens (tertiary/aromatic N) is 1. The lowest BCUT2D eigenvalue weighted by atomic mass is 9.48. The first-order valence-electron chi connectivity index (χ1n) is 11.0. The highest BCUT2D eigenvalue weighted by Gasteiger charge is 2.82. The van der Waals surface area contributed by atoms with Crippen molar-refractivity contribution >= 4 is 11.8 Å². The lowest BCUT2D eigenvalue weighted by Gasteiger charge is -2.55. The summed E-state index contributed by atoms with van der Waals surface area (Å²) in [4.78, 5) is 25.7. The molecule has 0 amide bonds. The third kappa shape index (κ3) is 2.04. The summed E-state index contributed by atoms with van der Waals surface area (Å²) >= 11 is 0. The smallest absolute Gasteiger partial charge is 0.327 e. The van der Waals surface area contributed by atoms with Gasteiger partial charge in [0.2, 0.25) is 0 Å². The number of nitriles is 1. The van der Waals surface area contributed by atoms with Crippen LogP contribution < -0.4 is 0 Å². The number of hydrogen-bond donors (Lipinski definition) is 1. The van der Waals surface area contributed by atoms with Gasteiger partial charge in [-0.1, -0.05) is 26.0 Å². The molecule has 0 aromatic rings. The third-order valence-corrected chi connectivity index (χ3v) is 9.43. The topological polar surface area (TPSA) is 87.4 Å². The number of fused-ring (bicyclic) bond motifs is 7. The van der Waals surface area contributed by atoms with Crippen molar-refractivity contribution in [1.82, 2.24) is 0 Å². The van der Waals surface area contributed by atoms with Gasteiger partial charge in [-0.3, -0.25) is 9.59 Å². The average Bonchev–Trinajstić information content (AvgIpc) is 3.32. The Morgan fingerprint density at radius 2 is 2.07 bits per heavy atom. The molecule has 5 nitrogen and oxygen atoms in total. The van der Waals surface area contributed by atoms with Gasteiger partial charge in [-0.25, -0.2) is 0 Å². The molecule has 9 unspecified atom stereocenters. The molecule has 0 spiro atoms. The van der Waals surface area contributed by atoms with Crippen molar-refractivity contribution in [1.29, 1.82) is 5.26 Å². The van der Waals surface area contributed by atoms with Crippen molar-refractivity contribution in [2.45, 2.75) is 52.6 Å². The van der Waals surface area contributed by atoms with E-state index in [2.05, 4.69) is 32.1 Å². The first-order chi connectivity index (χ1) is 13.8. The minimum atomic E-state index is -1.36. The molecule has 154 valence electrons. The summed E-state index contributed by atoms with van der Waals surface area (Å²) in [6.45, 7) is 6.32. The van der Waals surface area contributed by atoms with Crippen molar-refractivity contribution in [3.8, 4) is 6.07 Å². The van der Waals surface area contributed by atoms with Gasteiger partial charge in [-0.05, 0) is 67.4 Å². The van der Waals surface area contributed by atoms with Crippen LogP contribution in [0.1, 0.15) is 46.5 Å². The van der Waals surface area contributed by atoms with E-state index in [0.29, 0.717) is 11.8 Å². The second-order valence-electron chi connectivity index (χ2n) is 10.2. The maximum atomic E-state index is 12.9. The van der Waals surface area contributed by atoms with Crippen LogP contribution in [0.2, 0.25) is 0 Å². The second kappa shape index (κ2) is 5.82. The van der Waals surface area contributed by atoms with E-state index in [1.54, 1.807) is 13.0 Å². The predicted molar refractivity (Wildman–Crippen MR) is 105 cm³/mol. The van der Waals surface area contributed by atoms with E-state index in [1.165, 1.54) is 0 Å². The Morgan fingerprint density at radius 3 is 2.76 bits per heavy atom. The standard InChI is InChI=1S/C24H29NO4/c1-4-29-21(28)24(12-25)19-17(26)11-13-5-6-14-15-7-8-18(27)22(15,2)10-9-16(14)23(13,3)20(19)24/h5-6,11,14-16,18-20,27H,4,7-10H2,1-3H3. The molecule has 29 heavy (non-hydrogen) atoms. The minimum Gasteiger partial charge on any atom is -0.465 e. The number of hydrogen-bond acceptors (Lipinski definition) is 5. The summed E-state index contributed by atoms with van der Waals surface area (Å²) in [5.41, 5.74) is -0.848. The largest absolute Gasteiger partial charge is 0.465 e. The lowest BCUT2D eigenvalue weighted by Crippen LogP contribution is -2.51. The van der Waals surface area contributed by atoms with Crippen LogP contribution in [0.15, 0.2) is 23.8 Å². The molecule has 3 fully saturated rings. The van der Waals surface area contributed by atoms with Crippen LogP contribution in [0.25, 0.3) is 0 Å². The fourth-order valence-corrected chi connectivity index (χ4v) is 7.89. The van der Waals surface area contributed by atoms with E-state index in [-0.39, 0.29) is 35.7 Å². The molecule has 3 saturated carbocycles. The highest BCUT2D eigenvalue weighted by molar-refractivity contribution is 6.05. The molecule has 0 bridgehead atoms. The molecule has 0 radical (unpaired) electrons. The maximum absolute atomic E-state index is 12.9. The van der Waals surface area contributed by atoms with Gasteiger partial charge >= 0.3 is 5.97 Å². The van der Waals surface area contributed by atoms with Crippen LogP contribution in [0, 0.1) is 57.2 Å². The number of allylic oxidation sites excluding steroid dienone is 4. The number of esters is 1. The number of carbonyl (C=O) groups is 2. The van der Waals surface area contributed by atoms with Crippen LogP contribution in [-0.4, -0.2) is 29.6 Å². The Balaban J connectivity index is 1.59. The fourth-order valence-electron chi connectivity index (χ4n) is 7.89. The van der Waals surface area contributed by atoms with Gasteiger partial charge in [-0.15, -0.1) is 0 Å². The zero-order valence-electron chi connectivity index (χ0n) is 17.4. The van der Waals surface area contributed by atoms with Crippen LogP contribution in [0.4, 0.5) is 0 Å². The molecular formula is C24H29NO4. The van der Waals surface area contributed by atoms with Gasteiger partial charge in [0.25, 0.3) is 0 Å². The minimum absolute atomic E-state index is 0.0655.